The molecule has 2 N–H and O–H groups in total. The van der Waals surface area contributed by atoms with E-state index in [4.69, 9.17) is 9.47 Å². The topological polar surface area (TPSA) is 159 Å². The normalized spacial score (nSPS) is 16.5. The molecule has 0 radical (unpaired) electrons. The zero-order valence-electron chi connectivity index (χ0n) is 29.9. The van der Waals surface area contributed by atoms with Crippen LogP contribution < -0.4 is 10.1 Å². The molecule has 3 aromatic rings. The molecule has 52 heavy (non-hydrogen) atoms. The fourth-order valence-electron chi connectivity index (χ4n) is 6.49. The van der Waals surface area contributed by atoms with Crippen molar-refractivity contribution < 1.29 is 42.9 Å². The Balaban J connectivity index is 1.32. The Hall–Kier alpha value is -5.27. The number of aromatic nitrogens is 1. The van der Waals surface area contributed by atoms with Crippen LogP contribution in [0, 0.1) is 19.7 Å². The number of nitrogens with one attached hydrogen (secondary N) is 1. The number of carbonyl (C=O) groups excluding carboxylic acids is 4. The van der Waals surface area contributed by atoms with Crippen molar-refractivity contribution in [1.29, 1.82) is 0 Å². The van der Waals surface area contributed by atoms with Gasteiger partial charge in [0.1, 0.15) is 23.3 Å². The Morgan fingerprint density at radius 3 is 2.37 bits per heavy atom. The molecule has 2 aliphatic rings. The quantitative estimate of drug-likeness (QED) is 0.237. The molecule has 0 saturated carbocycles. The fourth-order valence-corrected chi connectivity index (χ4v) is 6.49. The molecule has 278 valence electrons. The van der Waals surface area contributed by atoms with Crippen molar-refractivity contribution in [2.24, 2.45) is 0 Å². The molecule has 2 atom stereocenters. The van der Waals surface area contributed by atoms with E-state index in [1.165, 1.54) is 28.0 Å². The summed E-state index contributed by atoms with van der Waals surface area (Å²) in [5.41, 5.74) is 3.08. The summed E-state index contributed by atoms with van der Waals surface area (Å²) in [7, 11) is 0. The summed E-state index contributed by atoms with van der Waals surface area (Å²) < 4.78 is 24.9. The van der Waals surface area contributed by atoms with Gasteiger partial charge in [-0.2, -0.15) is 0 Å². The van der Waals surface area contributed by atoms with Crippen molar-refractivity contribution in [2.75, 3.05) is 45.9 Å². The zero-order chi connectivity index (χ0) is 37.4. The molecule has 5 rings (SSSR count). The third kappa shape index (κ3) is 9.33. The number of ether oxygens (including phenoxy) is 2. The number of fused-ring (bicyclic) bond motifs is 1. The first-order chi connectivity index (χ1) is 24.9. The van der Waals surface area contributed by atoms with E-state index in [-0.39, 0.29) is 74.8 Å². The lowest BCUT2D eigenvalue weighted by molar-refractivity contribution is -0.138. The number of rotatable bonds is 13. The molecule has 2 saturated heterocycles. The maximum atomic E-state index is 13.8. The lowest BCUT2D eigenvalue weighted by Gasteiger charge is -2.36. The summed E-state index contributed by atoms with van der Waals surface area (Å²) in [5, 5.41) is 12.7. The van der Waals surface area contributed by atoms with Crippen LogP contribution in [0.1, 0.15) is 78.7 Å². The minimum absolute atomic E-state index is 0.0728. The van der Waals surface area contributed by atoms with E-state index in [0.717, 1.165) is 42.4 Å². The lowest BCUT2D eigenvalue weighted by atomic mass is 10.0. The monoisotopic (exact) mass is 719 g/mol. The smallest absolute Gasteiger partial charge is 0.409 e. The number of amides is 4. The highest BCUT2D eigenvalue weighted by atomic mass is 19.1. The number of hydrogen-bond donors (Lipinski definition) is 2. The molecule has 2 unspecified atom stereocenters. The minimum Gasteiger partial charge on any atom is -0.483 e. The Labute approximate surface area is 302 Å². The summed E-state index contributed by atoms with van der Waals surface area (Å²) in [5.74, 6) is -2.67. The fraction of sp³-hybridized carbons (Fsp3) is 0.474. The molecule has 0 aliphatic carbocycles. The molecule has 2 aliphatic heterocycles. The summed E-state index contributed by atoms with van der Waals surface area (Å²) >= 11 is 0. The van der Waals surface area contributed by atoms with Gasteiger partial charge in [-0.05, 0) is 80.5 Å². The number of halogens is 1. The molecule has 13 nitrogen and oxygen atoms in total. The van der Waals surface area contributed by atoms with Crippen LogP contribution in [0.2, 0.25) is 0 Å². The van der Waals surface area contributed by atoms with Gasteiger partial charge < -0.3 is 34.6 Å². The number of aryl methyl sites for hydroxylation is 2. The third-order valence-corrected chi connectivity index (χ3v) is 9.62. The maximum Gasteiger partial charge on any atom is 0.409 e. The second kappa shape index (κ2) is 17.3. The lowest BCUT2D eigenvalue weighted by Crippen LogP contribution is -2.56. The van der Waals surface area contributed by atoms with Crippen LogP contribution in [0.15, 0.2) is 42.5 Å². The number of carbonyl (C=O) groups is 5. The number of hydrogen-bond acceptors (Lipinski definition) is 8. The number of nitrogens with zero attached hydrogens (tertiary/aromatic N) is 4. The van der Waals surface area contributed by atoms with Crippen LogP contribution in [0.5, 0.6) is 5.75 Å². The van der Waals surface area contributed by atoms with Gasteiger partial charge in [-0.1, -0.05) is 25.5 Å². The van der Waals surface area contributed by atoms with Gasteiger partial charge in [0.15, 0.2) is 6.61 Å². The Morgan fingerprint density at radius 2 is 1.67 bits per heavy atom. The highest BCUT2D eigenvalue weighted by Gasteiger charge is 2.33. The molecule has 14 heteroatoms. The predicted molar refractivity (Wildman–Crippen MR) is 189 cm³/mol. The number of pyridine rings is 1. The van der Waals surface area contributed by atoms with Gasteiger partial charge in [0, 0.05) is 50.6 Å². The van der Waals surface area contributed by atoms with Crippen LogP contribution in [-0.2, 0) is 19.1 Å². The number of benzene rings is 2. The van der Waals surface area contributed by atoms with E-state index in [0.29, 0.717) is 24.1 Å². The van der Waals surface area contributed by atoms with Crippen LogP contribution >= 0.6 is 0 Å². The molecule has 2 aromatic carbocycles. The SMILES string of the molecule is CCCCOC(=O)N1CCN(C(=O)C(CCC(=O)O)NC(=O)c2cc(OCC(=O)N3CCCC3c3ccc(F)cc3)c3cc(C)c(C)cc3n2)CC1. The van der Waals surface area contributed by atoms with Crippen LogP contribution in [-0.4, -0.2) is 107 Å². The standard InChI is InChI=1S/C38H46FN5O8/c1-4-5-19-51-38(50)43-17-15-42(16-18-43)37(49)29(12-13-35(46)47)41-36(48)31-22-33(28-20-24(2)25(3)21-30(28)40-31)52-23-34(45)44-14-6-7-32(44)26-8-10-27(39)11-9-26/h8-11,20-22,29,32H,4-7,12-19,23H2,1-3H3,(H,41,48)(H,46,47). The van der Waals surface area contributed by atoms with Gasteiger partial charge in [0.05, 0.1) is 18.2 Å². The van der Waals surface area contributed by atoms with Gasteiger partial charge in [0.25, 0.3) is 11.8 Å². The molecule has 1 aromatic heterocycles. The van der Waals surface area contributed by atoms with Gasteiger partial charge in [0.2, 0.25) is 5.91 Å². The van der Waals surface area contributed by atoms with E-state index in [9.17, 15) is 33.5 Å². The Morgan fingerprint density at radius 1 is 0.981 bits per heavy atom. The first-order valence-corrected chi connectivity index (χ1v) is 17.8. The van der Waals surface area contributed by atoms with Crippen molar-refractivity contribution in [3.8, 4) is 5.75 Å². The maximum absolute atomic E-state index is 13.8. The Bertz CT molecular complexity index is 1790. The number of aliphatic carboxylic acids is 1. The largest absolute Gasteiger partial charge is 0.483 e. The average molecular weight is 720 g/mol. The molecule has 2 fully saturated rings. The number of likely N-dealkylation sites (tertiary alicyclic amines) is 1. The number of piperazine rings is 1. The van der Waals surface area contributed by atoms with Gasteiger partial charge >= 0.3 is 12.1 Å². The van der Waals surface area contributed by atoms with Crippen molar-refractivity contribution >= 4 is 40.7 Å². The van der Waals surface area contributed by atoms with E-state index in [1.807, 2.05) is 26.8 Å². The second-order valence-electron chi connectivity index (χ2n) is 13.3. The summed E-state index contributed by atoms with van der Waals surface area (Å²) in [4.78, 5) is 74.1. The second-order valence-corrected chi connectivity index (χ2v) is 13.3. The van der Waals surface area contributed by atoms with Gasteiger partial charge in [-0.15, -0.1) is 0 Å². The zero-order valence-corrected chi connectivity index (χ0v) is 29.9. The molecule has 0 bridgehead atoms. The first-order valence-electron chi connectivity index (χ1n) is 17.8. The van der Waals surface area contributed by atoms with Crippen LogP contribution in [0.25, 0.3) is 10.9 Å². The summed E-state index contributed by atoms with van der Waals surface area (Å²) in [6.45, 7) is 7.22. The molecule has 3 heterocycles. The van der Waals surface area contributed by atoms with E-state index >= 15 is 0 Å². The van der Waals surface area contributed by atoms with Gasteiger partial charge in [-0.25, -0.2) is 14.2 Å². The van der Waals surface area contributed by atoms with E-state index in [1.54, 1.807) is 23.1 Å². The predicted octanol–water partition coefficient (Wildman–Crippen LogP) is 4.78. The first kappa shape index (κ1) is 38.0. The number of carboxylic acids is 1. The minimum atomic E-state index is -1.17. The number of carboxylic acid groups (broad SMARTS) is 1. The molecular formula is C38H46FN5O8. The molecule has 0 spiro atoms. The highest BCUT2D eigenvalue weighted by molar-refractivity contribution is 5.99. The van der Waals surface area contributed by atoms with Crippen molar-refractivity contribution in [2.45, 2.75) is 71.4 Å². The van der Waals surface area contributed by atoms with Crippen molar-refractivity contribution in [3.05, 3.63) is 70.7 Å². The van der Waals surface area contributed by atoms with Crippen molar-refractivity contribution in [1.82, 2.24) is 25.0 Å². The van der Waals surface area contributed by atoms with E-state index < -0.39 is 29.9 Å². The average Bonchev–Trinajstić information content (AvgIpc) is 3.63. The van der Waals surface area contributed by atoms with Crippen LogP contribution in [0.3, 0.4) is 0 Å². The highest BCUT2D eigenvalue weighted by Crippen LogP contribution is 2.33. The van der Waals surface area contributed by atoms with Crippen LogP contribution in [0.4, 0.5) is 9.18 Å². The van der Waals surface area contributed by atoms with Gasteiger partial charge in [-0.3, -0.25) is 19.2 Å². The Kier molecular flexibility index (Phi) is 12.6. The third-order valence-electron chi connectivity index (χ3n) is 9.62. The summed E-state index contributed by atoms with van der Waals surface area (Å²) in [6.07, 6.45) is 2.20. The molecule has 4 amide bonds. The number of unbranched alkanes of at least 4 members (excludes halogenated alkanes) is 1. The molecular weight excluding hydrogens is 673 g/mol. The van der Waals surface area contributed by atoms with E-state index in [2.05, 4.69) is 10.3 Å². The summed E-state index contributed by atoms with van der Waals surface area (Å²) in [6, 6.07) is 9.82. The van der Waals surface area contributed by atoms with Crippen molar-refractivity contribution in [3.63, 3.8) is 0 Å².